The van der Waals surface area contributed by atoms with Crippen LogP contribution >= 0.6 is 39.9 Å². The molecule has 0 unspecified atom stereocenters. The number of halogens is 2. The van der Waals surface area contributed by atoms with Gasteiger partial charge in [-0.1, -0.05) is 15.9 Å². The molecule has 1 aromatic rings. The van der Waals surface area contributed by atoms with Crippen LogP contribution in [0.25, 0.3) is 0 Å². The molecule has 1 aliphatic rings. The maximum absolute atomic E-state index is 5.78. The average molecular weight is 570 g/mol. The zero-order chi connectivity index (χ0) is 19.2. The Morgan fingerprint density at radius 2 is 1.93 bits per heavy atom. The van der Waals surface area contributed by atoms with Crippen LogP contribution in [0.2, 0.25) is 0 Å². The van der Waals surface area contributed by atoms with E-state index in [1.54, 1.807) is 0 Å². The third-order valence-corrected chi connectivity index (χ3v) is 4.76. The van der Waals surface area contributed by atoms with Crippen LogP contribution in [0.15, 0.2) is 33.7 Å². The summed E-state index contributed by atoms with van der Waals surface area (Å²) in [6.07, 6.45) is 3.17. The summed E-state index contributed by atoms with van der Waals surface area (Å²) in [5.74, 6) is 2.34. The number of nitrogens with one attached hydrogen (secondary N) is 2. The van der Waals surface area contributed by atoms with Gasteiger partial charge in [-0.15, -0.1) is 24.0 Å². The molecule has 1 heterocycles. The largest absolute Gasteiger partial charge is 0.492 e. The molecule has 0 amide bonds. The van der Waals surface area contributed by atoms with Crippen LogP contribution in [0, 0.1) is 5.92 Å². The molecule has 0 aromatic heterocycles. The van der Waals surface area contributed by atoms with Gasteiger partial charge in [0.25, 0.3) is 0 Å². The molecule has 1 fully saturated rings. The van der Waals surface area contributed by atoms with Crippen LogP contribution in [0.5, 0.6) is 5.75 Å². The predicted octanol–water partition coefficient (Wildman–Crippen LogP) is 3.83. The van der Waals surface area contributed by atoms with Crippen molar-refractivity contribution in [1.82, 2.24) is 10.6 Å². The lowest BCUT2D eigenvalue weighted by Gasteiger charge is -2.21. The van der Waals surface area contributed by atoms with Gasteiger partial charge in [0.05, 0.1) is 6.54 Å². The van der Waals surface area contributed by atoms with Crippen molar-refractivity contribution in [3.8, 4) is 5.75 Å². The highest BCUT2D eigenvalue weighted by molar-refractivity contribution is 14.0. The minimum atomic E-state index is 0. The summed E-state index contributed by atoms with van der Waals surface area (Å²) in [6.45, 7) is 8.28. The molecule has 8 heteroatoms. The molecule has 2 N–H and O–H groups in total. The molecule has 1 aromatic carbocycles. The summed E-state index contributed by atoms with van der Waals surface area (Å²) in [4.78, 5) is 4.59. The van der Waals surface area contributed by atoms with Crippen molar-refractivity contribution in [3.05, 3.63) is 28.7 Å². The van der Waals surface area contributed by atoms with Gasteiger partial charge in [-0.3, -0.25) is 4.99 Å². The monoisotopic (exact) mass is 569 g/mol. The molecule has 0 atom stereocenters. The van der Waals surface area contributed by atoms with Gasteiger partial charge < -0.3 is 24.8 Å². The molecule has 1 saturated heterocycles. The zero-order valence-corrected chi connectivity index (χ0v) is 20.5. The summed E-state index contributed by atoms with van der Waals surface area (Å²) >= 11 is 3.42. The van der Waals surface area contributed by atoms with E-state index in [-0.39, 0.29) is 24.0 Å². The maximum atomic E-state index is 5.78. The van der Waals surface area contributed by atoms with Gasteiger partial charge in [0.15, 0.2) is 5.96 Å². The number of nitrogens with zero attached hydrogens (tertiary/aromatic N) is 1. The topological polar surface area (TPSA) is 64.1 Å². The van der Waals surface area contributed by atoms with Crippen LogP contribution < -0.4 is 15.4 Å². The molecule has 0 saturated carbocycles. The van der Waals surface area contributed by atoms with Gasteiger partial charge in [0.2, 0.25) is 0 Å². The molecular weight excluding hydrogens is 537 g/mol. The average Bonchev–Trinajstić information content (AvgIpc) is 2.70. The summed E-state index contributed by atoms with van der Waals surface area (Å²) < 4.78 is 17.9. The van der Waals surface area contributed by atoms with E-state index < -0.39 is 0 Å². The van der Waals surface area contributed by atoms with Gasteiger partial charge in [0.1, 0.15) is 12.4 Å². The van der Waals surface area contributed by atoms with E-state index in [0.717, 1.165) is 75.0 Å². The van der Waals surface area contributed by atoms with Gasteiger partial charge in [-0.2, -0.15) is 0 Å². The first-order valence-electron chi connectivity index (χ1n) is 9.84. The minimum absolute atomic E-state index is 0. The number of hydrogen-bond acceptors (Lipinski definition) is 4. The predicted molar refractivity (Wildman–Crippen MR) is 128 cm³/mol. The van der Waals surface area contributed by atoms with Gasteiger partial charge >= 0.3 is 0 Å². The summed E-state index contributed by atoms with van der Waals surface area (Å²) in [5.41, 5.74) is 0. The Morgan fingerprint density at radius 3 is 2.64 bits per heavy atom. The van der Waals surface area contributed by atoms with Crippen LogP contribution in [0.4, 0.5) is 0 Å². The molecule has 0 bridgehead atoms. The second kappa shape index (κ2) is 16.2. The quantitative estimate of drug-likeness (QED) is 0.183. The number of ether oxygens (including phenoxy) is 3. The van der Waals surface area contributed by atoms with E-state index in [0.29, 0.717) is 19.1 Å². The van der Waals surface area contributed by atoms with Crippen molar-refractivity contribution in [1.29, 1.82) is 0 Å². The van der Waals surface area contributed by atoms with Crippen molar-refractivity contribution in [2.24, 2.45) is 10.9 Å². The third-order valence-electron chi connectivity index (χ3n) is 4.23. The van der Waals surface area contributed by atoms with E-state index >= 15 is 0 Å². The summed E-state index contributed by atoms with van der Waals surface area (Å²) in [7, 11) is 0. The molecule has 0 spiro atoms. The van der Waals surface area contributed by atoms with Crippen molar-refractivity contribution in [2.75, 3.05) is 52.7 Å². The van der Waals surface area contributed by atoms with Crippen LogP contribution in [-0.4, -0.2) is 58.6 Å². The highest BCUT2D eigenvalue weighted by Crippen LogP contribution is 2.16. The van der Waals surface area contributed by atoms with Gasteiger partial charge in [-0.25, -0.2) is 0 Å². The first-order chi connectivity index (χ1) is 13.3. The van der Waals surface area contributed by atoms with E-state index in [9.17, 15) is 0 Å². The fraction of sp³-hybridized carbons (Fsp3) is 0.650. The molecular formula is C20H33BrIN3O3. The molecule has 6 nitrogen and oxygen atoms in total. The normalized spacial score (nSPS) is 15.0. The number of guanidine groups is 1. The van der Waals surface area contributed by atoms with Gasteiger partial charge in [0, 0.05) is 44.0 Å². The van der Waals surface area contributed by atoms with Crippen molar-refractivity contribution in [2.45, 2.75) is 26.2 Å². The zero-order valence-electron chi connectivity index (χ0n) is 16.6. The number of rotatable bonds is 11. The fourth-order valence-corrected chi connectivity index (χ4v) is 3.00. The van der Waals surface area contributed by atoms with Gasteiger partial charge in [-0.05, 0) is 56.4 Å². The third kappa shape index (κ3) is 11.4. The number of benzene rings is 1. The Kier molecular flexibility index (Phi) is 14.8. The van der Waals surface area contributed by atoms with Crippen molar-refractivity contribution >= 4 is 45.9 Å². The first kappa shape index (κ1) is 25.5. The number of hydrogen-bond donors (Lipinski definition) is 2. The van der Waals surface area contributed by atoms with E-state index in [4.69, 9.17) is 14.2 Å². The Hall–Kier alpha value is -0.580. The Bertz CT molecular complexity index is 540. The molecule has 2 rings (SSSR count). The standard InChI is InChI=1S/C20H32BrN3O3.HI/c1-2-22-20(24-11-15-27-19-6-4-18(21)5-7-19)23-10-3-12-26-16-17-8-13-25-14-9-17;/h4-7,17H,2-3,8-16H2,1H3,(H2,22,23,24);1H. The Labute approximate surface area is 194 Å². The van der Waals surface area contributed by atoms with Crippen LogP contribution in [0.3, 0.4) is 0 Å². The van der Waals surface area contributed by atoms with Crippen molar-refractivity contribution in [3.63, 3.8) is 0 Å². The molecule has 0 radical (unpaired) electrons. The molecule has 1 aliphatic heterocycles. The lowest BCUT2D eigenvalue weighted by atomic mass is 10.0. The molecule has 160 valence electrons. The number of aliphatic imine (C=N–C) groups is 1. The van der Waals surface area contributed by atoms with Crippen LogP contribution in [-0.2, 0) is 9.47 Å². The lowest BCUT2D eigenvalue weighted by molar-refractivity contribution is 0.0205. The Balaban J connectivity index is 0.00000392. The van der Waals surface area contributed by atoms with E-state index in [1.807, 2.05) is 24.3 Å². The van der Waals surface area contributed by atoms with Crippen LogP contribution in [0.1, 0.15) is 26.2 Å². The first-order valence-corrected chi connectivity index (χ1v) is 10.6. The van der Waals surface area contributed by atoms with E-state index in [1.165, 1.54) is 0 Å². The molecule has 0 aliphatic carbocycles. The van der Waals surface area contributed by atoms with Crippen molar-refractivity contribution < 1.29 is 14.2 Å². The second-order valence-electron chi connectivity index (χ2n) is 6.47. The second-order valence-corrected chi connectivity index (χ2v) is 7.39. The smallest absolute Gasteiger partial charge is 0.191 e. The summed E-state index contributed by atoms with van der Waals surface area (Å²) in [6, 6.07) is 7.84. The fourth-order valence-electron chi connectivity index (χ4n) is 2.73. The van der Waals surface area contributed by atoms with E-state index in [2.05, 4.69) is 38.5 Å². The Morgan fingerprint density at radius 1 is 1.18 bits per heavy atom. The summed E-state index contributed by atoms with van der Waals surface area (Å²) in [5, 5.41) is 6.55. The lowest BCUT2D eigenvalue weighted by Crippen LogP contribution is -2.39. The SMILES string of the molecule is CCNC(=NCCCOCC1CCOCC1)NCCOc1ccc(Br)cc1.I. The minimum Gasteiger partial charge on any atom is -0.492 e. The highest BCUT2D eigenvalue weighted by atomic mass is 127. The highest BCUT2D eigenvalue weighted by Gasteiger charge is 2.13. The molecule has 28 heavy (non-hydrogen) atoms. The maximum Gasteiger partial charge on any atom is 0.191 e.